The number of nitrogens with zero attached hydrogens (tertiary/aromatic N) is 4. The lowest BCUT2D eigenvalue weighted by Crippen LogP contribution is -2.54. The van der Waals surface area contributed by atoms with Gasteiger partial charge in [0.1, 0.15) is 41.2 Å². The van der Waals surface area contributed by atoms with E-state index in [9.17, 15) is 5.11 Å². The Labute approximate surface area is 380 Å². The predicted octanol–water partition coefficient (Wildman–Crippen LogP) is 9.27. The van der Waals surface area contributed by atoms with Gasteiger partial charge in [0.25, 0.3) is 0 Å². The van der Waals surface area contributed by atoms with Gasteiger partial charge in [0.15, 0.2) is 23.2 Å². The number of fused-ring (bicyclic) bond motifs is 1. The van der Waals surface area contributed by atoms with Gasteiger partial charge < -0.3 is 34.7 Å². The summed E-state index contributed by atoms with van der Waals surface area (Å²) in [6.07, 6.45) is 0.672. The van der Waals surface area contributed by atoms with E-state index in [4.69, 9.17) is 33.9 Å². The number of hydrogen-bond acceptors (Lipinski definition) is 10. The average molecular weight is 867 g/mol. The van der Waals surface area contributed by atoms with Crippen LogP contribution < -0.4 is 20.1 Å². The molecule has 2 aromatic heterocycles. The summed E-state index contributed by atoms with van der Waals surface area (Å²) in [5.74, 6) is 1.99. The highest BCUT2D eigenvalue weighted by Crippen LogP contribution is 2.44. The topological polar surface area (TPSA) is 125 Å². The zero-order chi connectivity index (χ0) is 45.0. The molecule has 0 saturated carbocycles. The molecule has 9 rings (SSSR count). The predicted molar refractivity (Wildman–Crippen MR) is 253 cm³/mol. The van der Waals surface area contributed by atoms with Gasteiger partial charge in [-0.25, -0.2) is 15.0 Å². The minimum Gasteiger partial charge on any atom is -0.497 e. The smallest absolute Gasteiger partial charge is 0.167 e. The Morgan fingerprint density at radius 2 is 1.06 bits per heavy atom. The minimum absolute atomic E-state index is 0.115. The number of benzene rings is 6. The summed E-state index contributed by atoms with van der Waals surface area (Å²) in [5, 5.41) is 20.0. The summed E-state index contributed by atoms with van der Waals surface area (Å²) >= 11 is 0. The van der Waals surface area contributed by atoms with E-state index in [-0.39, 0.29) is 12.1 Å². The lowest BCUT2D eigenvalue weighted by atomic mass is 9.77. The molecule has 330 valence electrons. The van der Waals surface area contributed by atoms with Crippen molar-refractivity contribution in [1.82, 2.24) is 24.8 Å². The first-order valence-electron chi connectivity index (χ1n) is 21.9. The van der Waals surface area contributed by atoms with Crippen molar-refractivity contribution in [2.24, 2.45) is 0 Å². The highest BCUT2D eigenvalue weighted by Gasteiger charge is 2.49. The van der Waals surface area contributed by atoms with Crippen LogP contribution in [0.1, 0.15) is 60.4 Å². The molecule has 8 aromatic rings. The standard InChI is InChI=1S/C54H54N6O5/c1-52(2,3)58-46-45(34-64-54(40-22-14-8-15-23-40,41-24-16-9-17-25-41)42-28-32-44(63-5)33-29-42)65-51(48(46)61)60-36-57-47-49(55-35-56-50(47)60)59-53(37-18-10-6-11-19-37,38-20-12-7-13-21-38)39-26-30-43(62-4)31-27-39/h6-33,35-36,45-46,48,51,58,61H,34H2,1-5H3,(H,55,56,59)/t45-,46-,48+,51-/m1/s1. The Bertz CT molecular complexity index is 2710. The molecule has 3 N–H and O–H groups in total. The van der Waals surface area contributed by atoms with E-state index < -0.39 is 35.6 Å². The molecule has 0 bridgehead atoms. The van der Waals surface area contributed by atoms with Crippen molar-refractivity contribution in [3.8, 4) is 11.5 Å². The second-order valence-electron chi connectivity index (χ2n) is 17.3. The van der Waals surface area contributed by atoms with E-state index in [0.717, 1.165) is 44.9 Å². The van der Waals surface area contributed by atoms with Gasteiger partial charge in [0.2, 0.25) is 0 Å². The van der Waals surface area contributed by atoms with Gasteiger partial charge in [0, 0.05) is 5.54 Å². The molecule has 1 aliphatic heterocycles. The average Bonchev–Trinajstić information content (AvgIpc) is 3.92. The van der Waals surface area contributed by atoms with Crippen LogP contribution in [0.4, 0.5) is 5.82 Å². The van der Waals surface area contributed by atoms with Gasteiger partial charge in [-0.3, -0.25) is 4.57 Å². The molecular weight excluding hydrogens is 813 g/mol. The molecule has 0 unspecified atom stereocenters. The third-order valence-electron chi connectivity index (χ3n) is 12.2. The summed E-state index contributed by atoms with van der Waals surface area (Å²) in [6.45, 7) is 6.34. The zero-order valence-electron chi connectivity index (χ0n) is 37.2. The van der Waals surface area contributed by atoms with E-state index in [1.54, 1.807) is 25.1 Å². The van der Waals surface area contributed by atoms with Crippen molar-refractivity contribution in [2.75, 3.05) is 26.1 Å². The lowest BCUT2D eigenvalue weighted by Gasteiger charge is -2.38. The number of hydrogen-bond donors (Lipinski definition) is 3. The molecule has 6 aromatic carbocycles. The molecule has 0 aliphatic carbocycles. The van der Waals surface area contributed by atoms with Crippen molar-refractivity contribution < 1.29 is 24.1 Å². The monoisotopic (exact) mass is 866 g/mol. The Kier molecular flexibility index (Phi) is 12.2. The molecule has 65 heavy (non-hydrogen) atoms. The van der Waals surface area contributed by atoms with E-state index in [0.29, 0.717) is 17.0 Å². The first-order chi connectivity index (χ1) is 31.6. The number of aliphatic hydroxyl groups is 1. The Balaban J connectivity index is 1.11. The molecule has 4 atom stereocenters. The van der Waals surface area contributed by atoms with E-state index in [1.165, 1.54) is 6.33 Å². The summed E-state index contributed by atoms with van der Waals surface area (Å²) in [6, 6.07) is 56.4. The maximum absolute atomic E-state index is 12.4. The third-order valence-corrected chi connectivity index (χ3v) is 12.2. The second-order valence-corrected chi connectivity index (χ2v) is 17.3. The minimum atomic E-state index is -1.04. The largest absolute Gasteiger partial charge is 0.497 e. The van der Waals surface area contributed by atoms with Gasteiger partial charge in [-0.15, -0.1) is 0 Å². The fourth-order valence-corrected chi connectivity index (χ4v) is 9.16. The Morgan fingerprint density at radius 1 is 0.600 bits per heavy atom. The number of nitrogens with one attached hydrogen (secondary N) is 2. The summed E-state index contributed by atoms with van der Waals surface area (Å²) < 4.78 is 27.2. The molecule has 0 amide bonds. The summed E-state index contributed by atoms with van der Waals surface area (Å²) in [7, 11) is 3.32. The van der Waals surface area contributed by atoms with Crippen molar-refractivity contribution in [1.29, 1.82) is 0 Å². The molecule has 0 radical (unpaired) electrons. The van der Waals surface area contributed by atoms with Crippen LogP contribution in [0.5, 0.6) is 11.5 Å². The molecule has 11 nitrogen and oxygen atoms in total. The molecule has 1 aliphatic rings. The number of aromatic nitrogens is 4. The zero-order valence-corrected chi connectivity index (χ0v) is 37.2. The molecule has 1 saturated heterocycles. The van der Waals surface area contributed by atoms with Gasteiger partial charge in [-0.2, -0.15) is 0 Å². The molecule has 0 spiro atoms. The fourth-order valence-electron chi connectivity index (χ4n) is 9.16. The van der Waals surface area contributed by atoms with Crippen molar-refractivity contribution >= 4 is 17.0 Å². The first-order valence-corrected chi connectivity index (χ1v) is 21.9. The van der Waals surface area contributed by atoms with Crippen molar-refractivity contribution in [3.05, 3.63) is 216 Å². The summed E-state index contributed by atoms with van der Waals surface area (Å²) in [4.78, 5) is 14.5. The SMILES string of the molecule is COc1ccc(C(Nc2ncnc3c2ncn3[C@@H]2O[C@H](COC(c3ccccc3)(c3ccccc3)c3ccc(OC)cc3)[C@@H](NC(C)(C)C)[C@@H]2O)(c2ccccc2)c2ccccc2)cc1. The quantitative estimate of drug-likeness (QED) is 0.0860. The van der Waals surface area contributed by atoms with Crippen LogP contribution in [0.15, 0.2) is 183 Å². The van der Waals surface area contributed by atoms with Crippen LogP contribution in [-0.2, 0) is 20.6 Å². The van der Waals surface area contributed by atoms with E-state index in [1.807, 2.05) is 109 Å². The maximum Gasteiger partial charge on any atom is 0.167 e. The van der Waals surface area contributed by atoms with Crippen molar-refractivity contribution in [3.63, 3.8) is 0 Å². The maximum atomic E-state index is 12.4. The first kappa shape index (κ1) is 43.4. The van der Waals surface area contributed by atoms with E-state index >= 15 is 0 Å². The molecular formula is C54H54N6O5. The number of methoxy groups -OCH3 is 2. The van der Waals surface area contributed by atoms with Gasteiger partial charge >= 0.3 is 0 Å². The number of ether oxygens (including phenoxy) is 4. The fraction of sp³-hybridized carbons (Fsp3) is 0.241. The van der Waals surface area contributed by atoms with Crippen LogP contribution >= 0.6 is 0 Å². The third kappa shape index (κ3) is 8.35. The van der Waals surface area contributed by atoms with Gasteiger partial charge in [-0.05, 0) is 78.4 Å². The molecule has 3 heterocycles. The summed E-state index contributed by atoms with van der Waals surface area (Å²) in [5.41, 5.74) is 4.42. The van der Waals surface area contributed by atoms with Crippen LogP contribution in [0, 0.1) is 0 Å². The van der Waals surface area contributed by atoms with Crippen molar-refractivity contribution in [2.45, 2.75) is 61.9 Å². The Hall–Kier alpha value is -6.89. The normalized spacial score (nSPS) is 17.8. The number of imidazole rings is 1. The number of anilines is 1. The van der Waals surface area contributed by atoms with Gasteiger partial charge in [-0.1, -0.05) is 146 Å². The molecule has 11 heteroatoms. The highest BCUT2D eigenvalue weighted by atomic mass is 16.6. The highest BCUT2D eigenvalue weighted by molar-refractivity contribution is 5.84. The second kappa shape index (κ2) is 18.3. The lowest BCUT2D eigenvalue weighted by molar-refractivity contribution is -0.0871. The van der Waals surface area contributed by atoms with E-state index in [2.05, 4.69) is 92.1 Å². The van der Waals surface area contributed by atoms with Crippen LogP contribution in [0.3, 0.4) is 0 Å². The van der Waals surface area contributed by atoms with Gasteiger partial charge in [0.05, 0.1) is 33.2 Å². The van der Waals surface area contributed by atoms with Crippen LogP contribution in [0.25, 0.3) is 11.2 Å². The molecule has 1 fully saturated rings. The van der Waals surface area contributed by atoms with Crippen LogP contribution in [0.2, 0.25) is 0 Å². The van der Waals surface area contributed by atoms with Crippen LogP contribution in [-0.4, -0.2) is 69.2 Å². The Morgan fingerprint density at radius 3 is 1.55 bits per heavy atom. The number of aliphatic hydroxyl groups excluding tert-OH is 1. The number of rotatable bonds is 15.